The number of carbonyl (C=O) groups excluding carboxylic acids is 4. The maximum absolute atomic E-state index is 14.2. The number of allylic oxidation sites excluding steroid dienone is 2. The van der Waals surface area contributed by atoms with E-state index in [0.717, 1.165) is 25.7 Å². The van der Waals surface area contributed by atoms with E-state index < -0.39 is 17.1 Å². The van der Waals surface area contributed by atoms with Gasteiger partial charge >= 0.3 is 5.97 Å². The van der Waals surface area contributed by atoms with Crippen molar-refractivity contribution in [3.05, 3.63) is 41.6 Å². The minimum atomic E-state index is -1.10. The third kappa shape index (κ3) is 5.21. The third-order valence-electron chi connectivity index (χ3n) is 9.83. The van der Waals surface area contributed by atoms with Gasteiger partial charge in [0.25, 0.3) is 0 Å². The van der Waals surface area contributed by atoms with E-state index in [0.29, 0.717) is 40.8 Å². The fraction of sp³-hybridized carbons (Fsp3) is 0.559. The van der Waals surface area contributed by atoms with E-state index in [2.05, 4.69) is 17.1 Å². The predicted octanol–water partition coefficient (Wildman–Crippen LogP) is 5.24. The van der Waals surface area contributed by atoms with Crippen molar-refractivity contribution < 1.29 is 33.8 Å². The van der Waals surface area contributed by atoms with E-state index in [9.17, 15) is 24.3 Å². The van der Waals surface area contributed by atoms with Crippen molar-refractivity contribution in [1.29, 1.82) is 0 Å². The molecule has 3 aliphatic heterocycles. The highest BCUT2D eigenvalue weighted by Gasteiger charge is 2.63. The Morgan fingerprint density at radius 3 is 2.77 bits per heavy atom. The lowest BCUT2D eigenvalue weighted by atomic mass is 9.84. The number of hydrogen-bond donors (Lipinski definition) is 1. The molecule has 2 fully saturated rings. The molecule has 1 aromatic carbocycles. The molecule has 4 aliphatic rings. The largest absolute Gasteiger partial charge is 0.508 e. The van der Waals surface area contributed by atoms with Crippen LogP contribution in [0.15, 0.2) is 30.4 Å². The summed E-state index contributed by atoms with van der Waals surface area (Å²) in [5, 5.41) is 10.6. The normalized spacial score (nSPS) is 31.8. The van der Waals surface area contributed by atoms with Crippen molar-refractivity contribution in [2.45, 2.75) is 90.2 Å². The van der Waals surface area contributed by atoms with E-state index in [-0.39, 0.29) is 73.4 Å². The molecular weight excluding hydrogens is 548 g/mol. The van der Waals surface area contributed by atoms with Crippen LogP contribution in [0.2, 0.25) is 0 Å². The molecule has 9 heteroatoms. The highest BCUT2D eigenvalue weighted by molar-refractivity contribution is 6.11. The molecule has 228 valence electrons. The number of carbonyl (C=O) groups is 4. The maximum Gasteiger partial charge on any atom is 0.313 e. The number of aromatic hydroxyl groups is 1. The number of pyridine rings is 1. The number of amides is 1. The molecule has 0 bridgehead atoms. The summed E-state index contributed by atoms with van der Waals surface area (Å²) in [5.74, 6) is -0.867. The number of aromatic nitrogens is 1. The van der Waals surface area contributed by atoms with E-state index in [1.807, 2.05) is 6.92 Å². The molecule has 4 heterocycles. The smallest absolute Gasteiger partial charge is 0.313 e. The second-order valence-corrected chi connectivity index (χ2v) is 13.0. The molecule has 9 nitrogen and oxygen atoms in total. The Labute approximate surface area is 251 Å². The van der Waals surface area contributed by atoms with Crippen molar-refractivity contribution in [1.82, 2.24) is 9.88 Å². The van der Waals surface area contributed by atoms with Crippen molar-refractivity contribution in [2.75, 3.05) is 13.2 Å². The molecule has 1 unspecified atom stereocenters. The number of ketones is 2. The lowest BCUT2D eigenvalue weighted by Crippen LogP contribution is -2.47. The summed E-state index contributed by atoms with van der Waals surface area (Å²) in [6.07, 6.45) is 9.36. The topological polar surface area (TPSA) is 123 Å². The first-order chi connectivity index (χ1) is 20.6. The minimum Gasteiger partial charge on any atom is -0.508 e. The Morgan fingerprint density at radius 2 is 1.98 bits per heavy atom. The zero-order valence-electron chi connectivity index (χ0n) is 25.2. The van der Waals surface area contributed by atoms with Crippen molar-refractivity contribution in [2.24, 2.45) is 17.3 Å². The van der Waals surface area contributed by atoms with Gasteiger partial charge in [-0.2, -0.15) is 0 Å². The first-order valence-corrected chi connectivity index (χ1v) is 15.6. The Hall–Kier alpha value is -3.75. The molecule has 0 radical (unpaired) electrons. The molecular formula is C34H40N2O7. The first kappa shape index (κ1) is 29.3. The van der Waals surface area contributed by atoms with E-state index >= 15 is 0 Å². The van der Waals surface area contributed by atoms with Gasteiger partial charge in [0, 0.05) is 24.1 Å². The molecule has 6 rings (SSSR count). The SMILES string of the molecule is CCOC(=O)[C@]12CC(=O)[C@@H]3CC4(CC(=O)c5c(c(C)nc6ccc(O)cc56)O4)CN3C(=O)[C@@H](C)CCCCC/C=C\[C@@H]1C2. The van der Waals surface area contributed by atoms with Gasteiger partial charge in [-0.3, -0.25) is 19.2 Å². The van der Waals surface area contributed by atoms with Crippen LogP contribution in [0.1, 0.15) is 87.7 Å². The highest BCUT2D eigenvalue weighted by Crippen LogP contribution is 2.58. The third-order valence-corrected chi connectivity index (χ3v) is 9.83. The zero-order valence-corrected chi connectivity index (χ0v) is 25.2. The second-order valence-electron chi connectivity index (χ2n) is 13.0. The molecule has 1 amide bonds. The predicted molar refractivity (Wildman–Crippen MR) is 159 cm³/mol. The number of benzene rings is 1. The average Bonchev–Trinajstić information content (AvgIpc) is 3.54. The Morgan fingerprint density at radius 1 is 1.16 bits per heavy atom. The number of rotatable bonds is 2. The van der Waals surface area contributed by atoms with Crippen LogP contribution in [0, 0.1) is 24.2 Å². The number of nitrogens with zero attached hydrogens (tertiary/aromatic N) is 2. The van der Waals surface area contributed by atoms with Gasteiger partial charge in [0.05, 0.1) is 47.8 Å². The van der Waals surface area contributed by atoms with Crippen LogP contribution in [0.25, 0.3) is 10.9 Å². The fourth-order valence-electron chi connectivity index (χ4n) is 7.42. The van der Waals surface area contributed by atoms with Gasteiger partial charge in [-0.05, 0) is 63.6 Å². The molecule has 1 aliphatic carbocycles. The Bertz CT molecular complexity index is 1530. The van der Waals surface area contributed by atoms with Gasteiger partial charge in [0.2, 0.25) is 5.91 Å². The number of phenolic OH excluding ortho intramolecular Hbond substituents is 1. The van der Waals surface area contributed by atoms with Gasteiger partial charge in [0.1, 0.15) is 11.4 Å². The van der Waals surface area contributed by atoms with Crippen molar-refractivity contribution in [3.8, 4) is 11.5 Å². The maximum atomic E-state index is 14.2. The Balaban J connectivity index is 1.36. The van der Waals surface area contributed by atoms with Gasteiger partial charge in [0.15, 0.2) is 17.3 Å². The van der Waals surface area contributed by atoms with E-state index in [1.165, 1.54) is 12.1 Å². The number of aryl methyl sites for hydroxylation is 1. The minimum absolute atomic E-state index is 0.00939. The van der Waals surface area contributed by atoms with Crippen LogP contribution in [0.3, 0.4) is 0 Å². The summed E-state index contributed by atoms with van der Waals surface area (Å²) in [4.78, 5) is 61.3. The molecule has 43 heavy (non-hydrogen) atoms. The number of Topliss-reactive ketones (excluding diaryl/α,β-unsaturated/α-hetero) is 2. The van der Waals surface area contributed by atoms with Crippen LogP contribution < -0.4 is 4.74 Å². The summed E-state index contributed by atoms with van der Waals surface area (Å²) in [5.41, 5.74) is -0.532. The molecule has 1 N–H and O–H groups in total. The second kappa shape index (κ2) is 11.1. The van der Waals surface area contributed by atoms with Crippen LogP contribution in [0.5, 0.6) is 11.5 Å². The number of fused-ring (bicyclic) bond motifs is 5. The summed E-state index contributed by atoms with van der Waals surface area (Å²) in [6, 6.07) is 3.90. The van der Waals surface area contributed by atoms with Crippen LogP contribution in [0.4, 0.5) is 0 Å². The summed E-state index contributed by atoms with van der Waals surface area (Å²) in [7, 11) is 0. The lowest BCUT2D eigenvalue weighted by Gasteiger charge is -2.35. The summed E-state index contributed by atoms with van der Waals surface area (Å²) in [6.45, 7) is 5.77. The number of phenols is 1. The summed E-state index contributed by atoms with van der Waals surface area (Å²) >= 11 is 0. The van der Waals surface area contributed by atoms with Gasteiger partial charge in [-0.15, -0.1) is 0 Å². The standard InChI is InChI=1S/C34H40N2O7/c1-4-42-32(41)34-15-22(34)11-9-7-5-6-8-10-20(2)31(40)36-19-33(16-26(36)27(38)18-34)17-28(39)29-24-14-23(37)12-13-25(24)35-21(3)30(29)43-33/h9,11-14,20,22,26,37H,4-8,10,15-19H2,1-3H3/b11-9-/t20-,22+,26-,33?,34+/m0/s1. The van der Waals surface area contributed by atoms with Crippen LogP contribution >= 0.6 is 0 Å². The van der Waals surface area contributed by atoms with Crippen molar-refractivity contribution in [3.63, 3.8) is 0 Å². The molecule has 5 atom stereocenters. The van der Waals surface area contributed by atoms with Crippen molar-refractivity contribution >= 4 is 34.3 Å². The van der Waals surface area contributed by atoms with Gasteiger partial charge in [-0.25, -0.2) is 4.98 Å². The average molecular weight is 589 g/mol. The quantitative estimate of drug-likeness (QED) is 0.373. The van der Waals surface area contributed by atoms with Gasteiger partial charge < -0.3 is 19.5 Å². The Kier molecular flexibility index (Phi) is 7.55. The highest BCUT2D eigenvalue weighted by atomic mass is 16.5. The molecule has 1 saturated carbocycles. The monoisotopic (exact) mass is 588 g/mol. The lowest BCUT2D eigenvalue weighted by molar-refractivity contribution is -0.152. The van der Waals surface area contributed by atoms with E-state index in [1.54, 1.807) is 24.8 Å². The number of ether oxygens (including phenoxy) is 2. The number of hydrogen-bond acceptors (Lipinski definition) is 8. The van der Waals surface area contributed by atoms with Crippen LogP contribution in [-0.4, -0.2) is 63.2 Å². The number of esters is 1. The first-order valence-electron chi connectivity index (χ1n) is 15.6. The summed E-state index contributed by atoms with van der Waals surface area (Å²) < 4.78 is 12.1. The fourth-order valence-corrected chi connectivity index (χ4v) is 7.42. The van der Waals surface area contributed by atoms with Gasteiger partial charge in [-0.1, -0.05) is 31.9 Å². The zero-order chi connectivity index (χ0) is 30.5. The molecule has 1 spiro atoms. The van der Waals surface area contributed by atoms with Crippen LogP contribution in [-0.2, 0) is 19.1 Å². The molecule has 2 aromatic rings. The van der Waals surface area contributed by atoms with E-state index in [4.69, 9.17) is 9.47 Å². The molecule has 1 aromatic heterocycles. The molecule has 1 saturated heterocycles.